The van der Waals surface area contributed by atoms with Crippen molar-refractivity contribution in [2.24, 2.45) is 4.40 Å². The van der Waals surface area contributed by atoms with Gasteiger partial charge in [0.2, 0.25) is 5.96 Å². The van der Waals surface area contributed by atoms with Crippen LogP contribution < -0.4 is 15.4 Å². The van der Waals surface area contributed by atoms with Gasteiger partial charge in [-0.05, 0) is 64.4 Å². The average Bonchev–Trinajstić information content (AvgIpc) is 3.18. The van der Waals surface area contributed by atoms with Gasteiger partial charge < -0.3 is 29.6 Å². The van der Waals surface area contributed by atoms with Crippen LogP contribution in [-0.4, -0.2) is 84.1 Å². The zero-order valence-corrected chi connectivity index (χ0v) is 23.0. The van der Waals surface area contributed by atoms with E-state index in [1.165, 1.54) is 5.56 Å². The summed E-state index contributed by atoms with van der Waals surface area (Å²) in [5, 5.41) is 6.16. The largest absolute Gasteiger partial charge is 0.494 e. The summed E-state index contributed by atoms with van der Waals surface area (Å²) >= 11 is 1.71. The molecule has 0 atom stereocenters. The number of rotatable bonds is 15. The number of hydrogen-bond donors (Lipinski definition) is 2. The molecule has 0 unspecified atom stereocenters. The van der Waals surface area contributed by atoms with Crippen molar-refractivity contribution in [2.45, 2.75) is 25.3 Å². The molecule has 1 aromatic carbocycles. The highest BCUT2D eigenvalue weighted by Crippen LogP contribution is 2.16. The van der Waals surface area contributed by atoms with Crippen molar-refractivity contribution in [2.75, 3.05) is 59.9 Å². The molecule has 0 aliphatic heterocycles. The van der Waals surface area contributed by atoms with Crippen molar-refractivity contribution in [1.29, 1.82) is 0 Å². The molecule has 0 fully saturated rings. The minimum absolute atomic E-state index is 0.257. The van der Waals surface area contributed by atoms with Gasteiger partial charge >= 0.3 is 0 Å². The summed E-state index contributed by atoms with van der Waals surface area (Å²) in [6.07, 6.45) is 1.78. The van der Waals surface area contributed by atoms with Crippen LogP contribution in [0.25, 0.3) is 0 Å². The third kappa shape index (κ3) is 13.5. The van der Waals surface area contributed by atoms with Crippen molar-refractivity contribution < 1.29 is 17.6 Å². The van der Waals surface area contributed by atoms with E-state index in [-0.39, 0.29) is 5.96 Å². The minimum atomic E-state index is -3.51. The fourth-order valence-corrected chi connectivity index (χ4v) is 4.38. The maximum Gasteiger partial charge on any atom is 0.253 e. The molecule has 0 saturated carbocycles. The lowest BCUT2D eigenvalue weighted by Gasteiger charge is -2.13. The van der Waals surface area contributed by atoms with Crippen LogP contribution >= 0.6 is 11.8 Å². The molecular formula is C24H39N5O4S2. The summed E-state index contributed by atoms with van der Waals surface area (Å²) in [7, 11) is 4.56. The molecule has 2 N–H and O–H groups in total. The molecule has 2 aromatic rings. The molecule has 1 heterocycles. The van der Waals surface area contributed by atoms with Crippen LogP contribution in [0.15, 0.2) is 45.2 Å². The maximum absolute atomic E-state index is 11.7. The van der Waals surface area contributed by atoms with E-state index in [1.54, 1.807) is 11.8 Å². The SMILES string of the molecule is CN(C)Cc1cccc(OCCCN/C(=N/S(C)(=O)=O)NCCSCc2ccc(CN(C)C)o2)c1. The minimum Gasteiger partial charge on any atom is -0.494 e. The van der Waals surface area contributed by atoms with Crippen LogP contribution in [0.1, 0.15) is 23.5 Å². The van der Waals surface area contributed by atoms with Gasteiger partial charge in [0, 0.05) is 25.4 Å². The highest BCUT2D eigenvalue weighted by molar-refractivity contribution is 7.98. The Morgan fingerprint density at radius 1 is 1.03 bits per heavy atom. The van der Waals surface area contributed by atoms with E-state index in [2.05, 4.69) is 30.9 Å². The number of benzene rings is 1. The quantitative estimate of drug-likeness (QED) is 0.206. The summed E-state index contributed by atoms with van der Waals surface area (Å²) in [5.74, 6) is 4.50. The lowest BCUT2D eigenvalue weighted by molar-refractivity contribution is 0.310. The zero-order valence-electron chi connectivity index (χ0n) is 21.4. The van der Waals surface area contributed by atoms with Crippen LogP contribution in [-0.2, 0) is 28.9 Å². The Hall–Kier alpha value is -2.21. The maximum atomic E-state index is 11.7. The van der Waals surface area contributed by atoms with E-state index in [4.69, 9.17) is 9.15 Å². The van der Waals surface area contributed by atoms with E-state index >= 15 is 0 Å². The van der Waals surface area contributed by atoms with E-state index in [1.807, 2.05) is 58.5 Å². The van der Waals surface area contributed by atoms with Gasteiger partial charge in [-0.2, -0.15) is 11.8 Å². The van der Waals surface area contributed by atoms with Crippen molar-refractivity contribution in [3.05, 3.63) is 53.5 Å². The molecule has 0 spiro atoms. The number of thioether (sulfide) groups is 1. The number of ether oxygens (including phenoxy) is 1. The normalized spacial score (nSPS) is 12.4. The lowest BCUT2D eigenvalue weighted by Crippen LogP contribution is -2.39. The van der Waals surface area contributed by atoms with Crippen molar-refractivity contribution in [3.63, 3.8) is 0 Å². The Balaban J connectivity index is 1.69. The van der Waals surface area contributed by atoms with Gasteiger partial charge in [0.1, 0.15) is 17.3 Å². The van der Waals surface area contributed by atoms with Gasteiger partial charge in [-0.25, -0.2) is 8.42 Å². The first kappa shape index (κ1) is 29.0. The Kier molecular flexibility index (Phi) is 12.5. The second-order valence-electron chi connectivity index (χ2n) is 8.77. The van der Waals surface area contributed by atoms with Gasteiger partial charge in [-0.1, -0.05) is 12.1 Å². The summed E-state index contributed by atoms with van der Waals surface area (Å²) in [4.78, 5) is 4.17. The number of nitrogens with zero attached hydrogens (tertiary/aromatic N) is 3. The first-order chi connectivity index (χ1) is 16.6. The molecule has 0 aliphatic rings. The van der Waals surface area contributed by atoms with Gasteiger partial charge in [0.15, 0.2) is 0 Å². The molecule has 0 bridgehead atoms. The number of furan rings is 1. The monoisotopic (exact) mass is 525 g/mol. The van der Waals surface area contributed by atoms with Crippen molar-refractivity contribution >= 4 is 27.7 Å². The highest BCUT2D eigenvalue weighted by atomic mass is 32.2. The average molecular weight is 526 g/mol. The third-order valence-corrected chi connectivity index (χ3v) is 6.00. The molecule has 2 rings (SSSR count). The Morgan fingerprint density at radius 3 is 2.46 bits per heavy atom. The van der Waals surface area contributed by atoms with E-state index in [9.17, 15) is 8.42 Å². The summed E-state index contributed by atoms with van der Waals surface area (Å²) in [6, 6.07) is 12.0. The lowest BCUT2D eigenvalue weighted by atomic mass is 10.2. The zero-order chi connectivity index (χ0) is 25.7. The topological polar surface area (TPSA) is 99.4 Å². The van der Waals surface area contributed by atoms with Crippen LogP contribution in [0, 0.1) is 0 Å². The molecular weight excluding hydrogens is 486 g/mol. The van der Waals surface area contributed by atoms with Crippen LogP contribution in [0.2, 0.25) is 0 Å². The molecule has 1 aromatic heterocycles. The fourth-order valence-electron chi connectivity index (χ4n) is 3.17. The number of guanidine groups is 1. The summed E-state index contributed by atoms with van der Waals surface area (Å²) in [6.45, 7) is 3.25. The Bertz CT molecular complexity index is 1020. The van der Waals surface area contributed by atoms with E-state index in [0.717, 1.165) is 48.1 Å². The number of nitrogens with one attached hydrogen (secondary N) is 2. The third-order valence-electron chi connectivity index (χ3n) is 4.51. The van der Waals surface area contributed by atoms with Crippen molar-refractivity contribution in [1.82, 2.24) is 20.4 Å². The molecule has 0 saturated heterocycles. The predicted octanol–water partition coefficient (Wildman–Crippen LogP) is 2.60. The fraction of sp³-hybridized carbons (Fsp3) is 0.542. The molecule has 0 radical (unpaired) electrons. The first-order valence-electron chi connectivity index (χ1n) is 11.5. The first-order valence-corrected chi connectivity index (χ1v) is 14.6. The van der Waals surface area contributed by atoms with E-state index in [0.29, 0.717) is 26.1 Å². The van der Waals surface area contributed by atoms with Crippen LogP contribution in [0.3, 0.4) is 0 Å². The standard InChI is InChI=1S/C24H39N5O4S2/c1-28(2)17-20-8-6-9-21(16-20)32-14-7-12-25-24(27-35(5,30)31)26-13-15-34-19-23-11-10-22(33-23)18-29(3)4/h6,8-11,16H,7,12-15,17-19H2,1-5H3,(H2,25,26,27). The number of sulfonamides is 1. The molecule has 9 nitrogen and oxygen atoms in total. The van der Waals surface area contributed by atoms with Gasteiger partial charge in [0.05, 0.1) is 25.2 Å². The van der Waals surface area contributed by atoms with Gasteiger partial charge in [0.25, 0.3) is 10.0 Å². The van der Waals surface area contributed by atoms with Crippen LogP contribution in [0.5, 0.6) is 5.75 Å². The second kappa shape index (κ2) is 15.0. The Morgan fingerprint density at radius 2 is 1.74 bits per heavy atom. The van der Waals surface area contributed by atoms with Gasteiger partial charge in [-0.3, -0.25) is 0 Å². The molecule has 196 valence electrons. The predicted molar refractivity (Wildman–Crippen MR) is 144 cm³/mol. The van der Waals surface area contributed by atoms with Crippen molar-refractivity contribution in [3.8, 4) is 5.75 Å². The molecule has 0 aliphatic carbocycles. The van der Waals surface area contributed by atoms with Crippen LogP contribution in [0.4, 0.5) is 0 Å². The second-order valence-corrected chi connectivity index (χ2v) is 11.5. The molecule has 35 heavy (non-hydrogen) atoms. The highest BCUT2D eigenvalue weighted by Gasteiger charge is 2.06. The smallest absolute Gasteiger partial charge is 0.253 e. The van der Waals surface area contributed by atoms with E-state index < -0.39 is 10.0 Å². The van der Waals surface area contributed by atoms with Gasteiger partial charge in [-0.15, -0.1) is 4.40 Å². The molecule has 0 amide bonds. The number of hydrogen-bond acceptors (Lipinski definition) is 7. The summed E-state index contributed by atoms with van der Waals surface area (Å²) in [5.41, 5.74) is 1.19. The summed E-state index contributed by atoms with van der Waals surface area (Å²) < 4.78 is 38.7. The molecule has 11 heteroatoms. The Labute approximate surface area is 214 Å².